The summed E-state index contributed by atoms with van der Waals surface area (Å²) < 4.78 is 6.42. The zero-order valence-corrected chi connectivity index (χ0v) is 27.7. The molecule has 0 radical (unpaired) electrons. The Bertz CT molecular complexity index is 2660. The molecule has 50 heavy (non-hydrogen) atoms. The third-order valence-electron chi connectivity index (χ3n) is 9.97. The molecule has 0 atom stereocenters. The molecule has 7 aromatic carbocycles. The Hall–Kier alpha value is -6.57. The number of fused-ring (bicyclic) bond motifs is 4. The second-order valence-corrected chi connectivity index (χ2v) is 13.3. The molecule has 8 aromatic rings. The van der Waals surface area contributed by atoms with Crippen LogP contribution in [-0.2, 0) is 5.41 Å². The molecule has 1 aliphatic rings. The molecule has 4 heteroatoms. The van der Waals surface area contributed by atoms with Crippen LogP contribution in [-0.4, -0.2) is 9.97 Å². The number of hydrogen-bond donors (Lipinski definition) is 0. The van der Waals surface area contributed by atoms with Crippen LogP contribution in [0.1, 0.15) is 30.5 Å². The average molecular weight is 642 g/mol. The predicted octanol–water partition coefficient (Wildman–Crippen LogP) is 11.8. The minimum Gasteiger partial charge on any atom is -0.455 e. The lowest BCUT2D eigenvalue weighted by molar-refractivity contribution is 0.417. The maximum absolute atomic E-state index is 9.77. The first-order valence-electron chi connectivity index (χ1n) is 16.8. The van der Waals surface area contributed by atoms with Gasteiger partial charge in [-0.1, -0.05) is 141 Å². The SMILES string of the molecule is CC1(C)c2cccc(C#N)c2Oc2cccc(-c3cccc(-c4ccc(-c5nc(-c6cccc7ccccc67)nc6ccccc56)cc4)c3)c21. The molecule has 0 bridgehead atoms. The van der Waals surface area contributed by atoms with Crippen LogP contribution >= 0.6 is 0 Å². The van der Waals surface area contributed by atoms with Crippen molar-refractivity contribution in [1.29, 1.82) is 5.26 Å². The summed E-state index contributed by atoms with van der Waals surface area (Å²) >= 11 is 0. The van der Waals surface area contributed by atoms with E-state index in [0.29, 0.717) is 11.3 Å². The molecule has 4 nitrogen and oxygen atoms in total. The number of para-hydroxylation sites is 2. The Kier molecular flexibility index (Phi) is 6.82. The Morgan fingerprint density at radius 1 is 0.580 bits per heavy atom. The molecule has 0 saturated carbocycles. The minimum atomic E-state index is -0.366. The fourth-order valence-corrected chi connectivity index (χ4v) is 7.50. The van der Waals surface area contributed by atoms with E-state index in [1.807, 2.05) is 36.4 Å². The van der Waals surface area contributed by atoms with Gasteiger partial charge in [-0.15, -0.1) is 0 Å². The van der Waals surface area contributed by atoms with Gasteiger partial charge in [-0.25, -0.2) is 9.97 Å². The van der Waals surface area contributed by atoms with Crippen molar-refractivity contribution in [2.75, 3.05) is 0 Å². The van der Waals surface area contributed by atoms with Crippen molar-refractivity contribution in [3.05, 3.63) is 168 Å². The first-order chi connectivity index (χ1) is 24.5. The molecule has 0 aliphatic carbocycles. The smallest absolute Gasteiger partial charge is 0.161 e. The van der Waals surface area contributed by atoms with Gasteiger partial charge in [0.05, 0.1) is 16.8 Å². The van der Waals surface area contributed by atoms with Gasteiger partial charge >= 0.3 is 0 Å². The second-order valence-electron chi connectivity index (χ2n) is 13.3. The second kappa shape index (κ2) is 11.5. The molecular formula is C46H31N3O. The van der Waals surface area contributed by atoms with E-state index in [4.69, 9.17) is 14.7 Å². The maximum Gasteiger partial charge on any atom is 0.161 e. The topological polar surface area (TPSA) is 58.8 Å². The van der Waals surface area contributed by atoms with E-state index in [9.17, 15) is 5.26 Å². The Balaban J connectivity index is 1.10. The fraction of sp³-hybridized carbons (Fsp3) is 0.0652. The van der Waals surface area contributed by atoms with Crippen LogP contribution < -0.4 is 4.74 Å². The number of nitrogens with zero attached hydrogens (tertiary/aromatic N) is 3. The molecule has 2 heterocycles. The van der Waals surface area contributed by atoms with Crippen molar-refractivity contribution in [3.63, 3.8) is 0 Å². The van der Waals surface area contributed by atoms with Crippen molar-refractivity contribution in [2.24, 2.45) is 0 Å². The zero-order chi connectivity index (χ0) is 33.8. The summed E-state index contributed by atoms with van der Waals surface area (Å²) in [6, 6.07) is 54.6. The number of rotatable bonds is 4. The summed E-state index contributed by atoms with van der Waals surface area (Å²) in [5.74, 6) is 2.16. The standard InChI is InChI=1S/C46H31N3O/c1-46(2)39-20-9-15-34(28-47)44(39)50-41-22-10-18-36(42(41)46)33-14-7-13-32(27-33)29-23-25-31(26-24-29)43-38-17-5-6-21-40(38)48-45(49-43)37-19-8-12-30-11-3-4-16-35(30)37/h3-27H,1-2H3. The lowest BCUT2D eigenvalue weighted by atomic mass is 9.72. The van der Waals surface area contributed by atoms with Crippen molar-refractivity contribution in [2.45, 2.75) is 19.3 Å². The lowest BCUT2D eigenvalue weighted by Crippen LogP contribution is -2.25. The van der Waals surface area contributed by atoms with Gasteiger partial charge in [0, 0.05) is 33.1 Å². The highest BCUT2D eigenvalue weighted by Gasteiger charge is 2.37. The molecule has 0 N–H and O–H groups in total. The molecule has 0 saturated heterocycles. The average Bonchev–Trinajstić information content (AvgIpc) is 3.17. The normalized spacial score (nSPS) is 12.9. The molecule has 236 valence electrons. The lowest BCUT2D eigenvalue weighted by Gasteiger charge is -2.36. The van der Waals surface area contributed by atoms with Gasteiger partial charge in [-0.3, -0.25) is 0 Å². The number of aromatic nitrogens is 2. The first-order valence-corrected chi connectivity index (χ1v) is 16.8. The van der Waals surface area contributed by atoms with Gasteiger partial charge in [0.15, 0.2) is 5.82 Å². The number of benzene rings is 7. The molecule has 9 rings (SSSR count). The molecule has 0 fully saturated rings. The van der Waals surface area contributed by atoms with Gasteiger partial charge in [0.25, 0.3) is 0 Å². The van der Waals surface area contributed by atoms with Crippen molar-refractivity contribution in [1.82, 2.24) is 9.97 Å². The Morgan fingerprint density at radius 3 is 2.12 bits per heavy atom. The van der Waals surface area contributed by atoms with Crippen LogP contribution in [0.2, 0.25) is 0 Å². The fourth-order valence-electron chi connectivity index (χ4n) is 7.50. The van der Waals surface area contributed by atoms with Crippen molar-refractivity contribution >= 4 is 21.7 Å². The number of hydrogen-bond acceptors (Lipinski definition) is 4. The van der Waals surface area contributed by atoms with E-state index in [1.165, 1.54) is 5.39 Å². The van der Waals surface area contributed by atoms with E-state index in [1.54, 1.807) is 0 Å². The van der Waals surface area contributed by atoms with Crippen LogP contribution in [0.5, 0.6) is 11.5 Å². The summed E-state index contributed by atoms with van der Waals surface area (Å²) in [6.07, 6.45) is 0. The summed E-state index contributed by atoms with van der Waals surface area (Å²) in [4.78, 5) is 10.2. The Labute approximate surface area is 290 Å². The monoisotopic (exact) mass is 641 g/mol. The van der Waals surface area contributed by atoms with E-state index in [-0.39, 0.29) is 5.41 Å². The van der Waals surface area contributed by atoms with E-state index in [0.717, 1.165) is 78.1 Å². The molecule has 0 spiro atoms. The summed E-state index contributed by atoms with van der Waals surface area (Å²) in [5.41, 5.74) is 10.7. The first kappa shape index (κ1) is 29.6. The zero-order valence-electron chi connectivity index (χ0n) is 27.7. The third-order valence-corrected chi connectivity index (χ3v) is 9.97. The van der Waals surface area contributed by atoms with Crippen molar-refractivity contribution < 1.29 is 4.74 Å². The Morgan fingerprint density at radius 2 is 1.26 bits per heavy atom. The van der Waals surface area contributed by atoms with Gasteiger partial charge in [0.2, 0.25) is 0 Å². The highest BCUT2D eigenvalue weighted by atomic mass is 16.5. The quantitative estimate of drug-likeness (QED) is 0.192. The minimum absolute atomic E-state index is 0.366. The van der Waals surface area contributed by atoms with Gasteiger partial charge < -0.3 is 4.74 Å². The van der Waals surface area contributed by atoms with E-state index in [2.05, 4.69) is 135 Å². The van der Waals surface area contributed by atoms with Gasteiger partial charge in [0.1, 0.15) is 17.6 Å². The third kappa shape index (κ3) is 4.75. The molecule has 0 amide bonds. The number of ether oxygens (including phenoxy) is 1. The largest absolute Gasteiger partial charge is 0.455 e. The summed E-state index contributed by atoms with van der Waals surface area (Å²) in [6.45, 7) is 4.42. The predicted molar refractivity (Wildman–Crippen MR) is 202 cm³/mol. The highest BCUT2D eigenvalue weighted by Crippen LogP contribution is 2.52. The van der Waals surface area contributed by atoms with E-state index >= 15 is 0 Å². The highest BCUT2D eigenvalue weighted by molar-refractivity contribution is 5.98. The van der Waals surface area contributed by atoms with E-state index < -0.39 is 0 Å². The summed E-state index contributed by atoms with van der Waals surface area (Å²) in [5, 5.41) is 13.1. The van der Waals surface area contributed by atoms with Crippen LogP contribution in [0, 0.1) is 11.3 Å². The van der Waals surface area contributed by atoms with Crippen molar-refractivity contribution in [3.8, 4) is 62.5 Å². The van der Waals surface area contributed by atoms with Crippen LogP contribution in [0.25, 0.3) is 66.6 Å². The maximum atomic E-state index is 9.77. The summed E-state index contributed by atoms with van der Waals surface area (Å²) in [7, 11) is 0. The van der Waals surface area contributed by atoms with Crippen LogP contribution in [0.3, 0.4) is 0 Å². The molecule has 1 aromatic heterocycles. The molecule has 1 aliphatic heterocycles. The van der Waals surface area contributed by atoms with Crippen LogP contribution in [0.4, 0.5) is 0 Å². The number of nitriles is 1. The molecule has 0 unspecified atom stereocenters. The van der Waals surface area contributed by atoms with Crippen LogP contribution in [0.15, 0.2) is 152 Å². The molecular weight excluding hydrogens is 611 g/mol. The van der Waals surface area contributed by atoms with Gasteiger partial charge in [-0.2, -0.15) is 5.26 Å². The van der Waals surface area contributed by atoms with Gasteiger partial charge in [-0.05, 0) is 57.3 Å².